The number of carbonyl (C=O) groups excluding carboxylic acids is 1. The van der Waals surface area contributed by atoms with Crippen LogP contribution in [0.1, 0.15) is 26.6 Å². The van der Waals surface area contributed by atoms with Gasteiger partial charge in [-0.3, -0.25) is 4.79 Å². The van der Waals surface area contributed by atoms with E-state index in [2.05, 4.69) is 10.3 Å². The molecular formula is C19H18N2O3S. The molecular weight excluding hydrogens is 336 g/mol. The molecule has 5 nitrogen and oxygen atoms in total. The predicted octanol–water partition coefficient (Wildman–Crippen LogP) is 4.01. The Morgan fingerprint density at radius 1 is 1.24 bits per heavy atom. The molecule has 2 aromatic carbocycles. The molecule has 3 rings (SSSR count). The molecule has 1 aromatic heterocycles. The van der Waals surface area contributed by atoms with Gasteiger partial charge in [-0.15, -0.1) is 11.3 Å². The Morgan fingerprint density at radius 2 is 2.00 bits per heavy atom. The number of rotatable bonds is 5. The molecule has 6 heteroatoms. The van der Waals surface area contributed by atoms with Crippen molar-refractivity contribution in [2.24, 2.45) is 0 Å². The SMILES string of the molecule is COc1ccc(Cc2nc(C(=O)Nc3ccc(C)cc3O)cs2)cc1. The summed E-state index contributed by atoms with van der Waals surface area (Å²) >= 11 is 1.43. The lowest BCUT2D eigenvalue weighted by Crippen LogP contribution is -2.12. The molecule has 0 saturated heterocycles. The van der Waals surface area contributed by atoms with Crippen LogP contribution < -0.4 is 10.1 Å². The van der Waals surface area contributed by atoms with Gasteiger partial charge in [0.05, 0.1) is 17.8 Å². The monoisotopic (exact) mass is 354 g/mol. The van der Waals surface area contributed by atoms with Gasteiger partial charge in [-0.2, -0.15) is 0 Å². The van der Waals surface area contributed by atoms with E-state index in [1.165, 1.54) is 11.3 Å². The van der Waals surface area contributed by atoms with Crippen molar-refractivity contribution in [2.45, 2.75) is 13.3 Å². The van der Waals surface area contributed by atoms with Crippen molar-refractivity contribution < 1.29 is 14.6 Å². The number of methoxy groups -OCH3 is 1. The fourth-order valence-electron chi connectivity index (χ4n) is 2.35. The van der Waals surface area contributed by atoms with Gasteiger partial charge in [0.15, 0.2) is 0 Å². The maximum absolute atomic E-state index is 12.3. The fourth-order valence-corrected chi connectivity index (χ4v) is 3.16. The normalized spacial score (nSPS) is 10.5. The highest BCUT2D eigenvalue weighted by molar-refractivity contribution is 7.09. The van der Waals surface area contributed by atoms with Gasteiger partial charge in [0.2, 0.25) is 0 Å². The van der Waals surface area contributed by atoms with Gasteiger partial charge in [0.1, 0.15) is 17.2 Å². The highest BCUT2D eigenvalue weighted by atomic mass is 32.1. The number of nitrogens with one attached hydrogen (secondary N) is 1. The molecule has 0 aliphatic heterocycles. The van der Waals surface area contributed by atoms with Crippen LogP contribution in [0.2, 0.25) is 0 Å². The van der Waals surface area contributed by atoms with Crippen LogP contribution in [-0.4, -0.2) is 23.1 Å². The lowest BCUT2D eigenvalue weighted by atomic mass is 10.1. The summed E-state index contributed by atoms with van der Waals surface area (Å²) in [6.07, 6.45) is 0.651. The van der Waals surface area contributed by atoms with Gasteiger partial charge in [-0.1, -0.05) is 18.2 Å². The molecule has 25 heavy (non-hydrogen) atoms. The van der Waals surface area contributed by atoms with Gasteiger partial charge in [-0.25, -0.2) is 4.98 Å². The van der Waals surface area contributed by atoms with Crippen molar-refractivity contribution in [3.8, 4) is 11.5 Å². The fraction of sp³-hybridized carbons (Fsp3) is 0.158. The van der Waals surface area contributed by atoms with Gasteiger partial charge < -0.3 is 15.2 Å². The minimum absolute atomic E-state index is 0.0436. The molecule has 1 heterocycles. The first-order chi connectivity index (χ1) is 12.0. The van der Waals surface area contributed by atoms with Crippen LogP contribution in [0, 0.1) is 6.92 Å². The topological polar surface area (TPSA) is 71.5 Å². The lowest BCUT2D eigenvalue weighted by Gasteiger charge is -2.06. The van der Waals surface area contributed by atoms with Crippen LogP contribution in [-0.2, 0) is 6.42 Å². The van der Waals surface area contributed by atoms with Crippen molar-refractivity contribution in [1.29, 1.82) is 0 Å². The zero-order valence-electron chi connectivity index (χ0n) is 13.9. The van der Waals surface area contributed by atoms with E-state index in [9.17, 15) is 9.90 Å². The predicted molar refractivity (Wildman–Crippen MR) is 98.7 cm³/mol. The van der Waals surface area contributed by atoms with E-state index in [0.29, 0.717) is 17.8 Å². The van der Waals surface area contributed by atoms with Crippen LogP contribution in [0.15, 0.2) is 47.8 Å². The van der Waals surface area contributed by atoms with Gasteiger partial charge in [0, 0.05) is 11.8 Å². The number of phenols is 1. The van der Waals surface area contributed by atoms with Gasteiger partial charge in [0.25, 0.3) is 5.91 Å². The lowest BCUT2D eigenvalue weighted by molar-refractivity contribution is 0.102. The number of ether oxygens (including phenoxy) is 1. The number of aromatic nitrogens is 1. The molecule has 0 atom stereocenters. The third-order valence-electron chi connectivity index (χ3n) is 3.70. The summed E-state index contributed by atoms with van der Waals surface area (Å²) in [5.41, 5.74) is 2.73. The smallest absolute Gasteiger partial charge is 0.275 e. The summed E-state index contributed by atoms with van der Waals surface area (Å²) in [7, 11) is 1.63. The second-order valence-electron chi connectivity index (χ2n) is 5.63. The molecule has 0 unspecified atom stereocenters. The summed E-state index contributed by atoms with van der Waals surface area (Å²) in [4.78, 5) is 16.7. The summed E-state index contributed by atoms with van der Waals surface area (Å²) in [5.74, 6) is 0.513. The summed E-state index contributed by atoms with van der Waals surface area (Å²) in [5, 5.41) is 15.1. The highest BCUT2D eigenvalue weighted by Crippen LogP contribution is 2.25. The molecule has 0 spiro atoms. The average Bonchev–Trinajstić information content (AvgIpc) is 3.07. The molecule has 0 aliphatic carbocycles. The third kappa shape index (κ3) is 4.16. The number of phenolic OH excluding ortho intramolecular Hbond substituents is 1. The number of aryl methyl sites for hydroxylation is 1. The molecule has 128 valence electrons. The van der Waals surface area contributed by atoms with Crippen LogP contribution in [0.25, 0.3) is 0 Å². The van der Waals surface area contributed by atoms with E-state index in [-0.39, 0.29) is 11.7 Å². The number of hydrogen-bond acceptors (Lipinski definition) is 5. The van der Waals surface area contributed by atoms with E-state index in [4.69, 9.17) is 4.74 Å². The summed E-state index contributed by atoms with van der Waals surface area (Å²) in [6, 6.07) is 12.9. The molecule has 3 aromatic rings. The molecule has 0 saturated carbocycles. The zero-order valence-corrected chi connectivity index (χ0v) is 14.8. The van der Waals surface area contributed by atoms with Gasteiger partial charge in [-0.05, 0) is 42.3 Å². The standard InChI is InChI=1S/C19H18N2O3S/c1-12-3-8-15(17(22)9-12)21-19(23)16-11-25-18(20-16)10-13-4-6-14(24-2)7-5-13/h3-9,11,22H,10H2,1-2H3,(H,21,23). The summed E-state index contributed by atoms with van der Waals surface area (Å²) in [6.45, 7) is 1.87. The number of carbonyl (C=O) groups is 1. The highest BCUT2D eigenvalue weighted by Gasteiger charge is 2.13. The van der Waals surface area contributed by atoms with Crippen LogP contribution in [0.3, 0.4) is 0 Å². The Balaban J connectivity index is 1.68. The molecule has 0 bridgehead atoms. The Kier molecular flexibility index (Phi) is 5.00. The quantitative estimate of drug-likeness (QED) is 0.679. The number of hydrogen-bond donors (Lipinski definition) is 2. The minimum atomic E-state index is -0.337. The number of anilines is 1. The molecule has 0 radical (unpaired) electrons. The minimum Gasteiger partial charge on any atom is -0.506 e. The maximum atomic E-state index is 12.3. The Hall–Kier alpha value is -2.86. The molecule has 0 fully saturated rings. The third-order valence-corrected chi connectivity index (χ3v) is 4.55. The van der Waals surface area contributed by atoms with Gasteiger partial charge >= 0.3 is 0 Å². The van der Waals surface area contributed by atoms with Crippen molar-refractivity contribution in [1.82, 2.24) is 4.98 Å². The van der Waals surface area contributed by atoms with E-state index < -0.39 is 0 Å². The van der Waals surface area contributed by atoms with Crippen LogP contribution in [0.5, 0.6) is 11.5 Å². The van der Waals surface area contributed by atoms with E-state index in [1.54, 1.807) is 24.6 Å². The Morgan fingerprint density at radius 3 is 2.68 bits per heavy atom. The van der Waals surface area contributed by atoms with Crippen molar-refractivity contribution in [3.63, 3.8) is 0 Å². The summed E-state index contributed by atoms with van der Waals surface area (Å²) < 4.78 is 5.14. The Bertz CT molecular complexity index is 888. The first-order valence-corrected chi connectivity index (χ1v) is 8.61. The second kappa shape index (κ2) is 7.36. The Labute approximate surface area is 149 Å². The van der Waals surface area contributed by atoms with Crippen LogP contribution in [0.4, 0.5) is 5.69 Å². The number of aromatic hydroxyl groups is 1. The second-order valence-corrected chi connectivity index (χ2v) is 6.57. The van der Waals surface area contributed by atoms with Crippen LogP contribution >= 0.6 is 11.3 Å². The number of amides is 1. The van der Waals surface area contributed by atoms with Crippen molar-refractivity contribution >= 4 is 22.9 Å². The molecule has 0 aliphatic rings. The molecule has 2 N–H and O–H groups in total. The number of thiazole rings is 1. The molecule has 1 amide bonds. The van der Waals surface area contributed by atoms with E-state index >= 15 is 0 Å². The van der Waals surface area contributed by atoms with Crippen molar-refractivity contribution in [3.05, 3.63) is 69.7 Å². The first kappa shape index (κ1) is 17.0. The largest absolute Gasteiger partial charge is 0.506 e. The number of nitrogens with zero attached hydrogens (tertiary/aromatic N) is 1. The van der Waals surface area contributed by atoms with E-state index in [0.717, 1.165) is 21.9 Å². The first-order valence-electron chi connectivity index (χ1n) is 7.73. The average molecular weight is 354 g/mol. The zero-order chi connectivity index (χ0) is 17.8. The van der Waals surface area contributed by atoms with Crippen molar-refractivity contribution in [2.75, 3.05) is 12.4 Å². The number of benzene rings is 2. The maximum Gasteiger partial charge on any atom is 0.275 e. The van der Waals surface area contributed by atoms with E-state index in [1.807, 2.05) is 37.3 Å².